The highest BCUT2D eigenvalue weighted by molar-refractivity contribution is 7.80. The van der Waals surface area contributed by atoms with Crippen LogP contribution in [-0.4, -0.2) is 39.7 Å². The minimum Gasteiger partial charge on any atom is -0.504 e. The molecular weight excluding hydrogens is 294 g/mol. The number of aromatic nitrogens is 2. The van der Waals surface area contributed by atoms with Gasteiger partial charge < -0.3 is 14.6 Å². The lowest BCUT2D eigenvalue weighted by atomic mass is 10.2. The molecule has 1 amide bonds. The maximum absolute atomic E-state index is 12.0. The highest BCUT2D eigenvalue weighted by Crippen LogP contribution is 2.30. The van der Waals surface area contributed by atoms with Gasteiger partial charge in [0.2, 0.25) is 0 Å². The fourth-order valence-electron chi connectivity index (χ4n) is 2.30. The Kier molecular flexibility index (Phi) is 5.13. The Morgan fingerprint density at radius 2 is 2.38 bits per heavy atom. The lowest BCUT2D eigenvalue weighted by molar-refractivity contribution is -0.0412. The average Bonchev–Trinajstić information content (AvgIpc) is 2.84. The molecule has 1 fully saturated rings. The number of amides is 1. The molecule has 1 atom stereocenters. The van der Waals surface area contributed by atoms with Crippen molar-refractivity contribution in [2.24, 2.45) is 0 Å². The molecule has 1 aliphatic heterocycles. The molecule has 1 aromatic heterocycles. The number of hydrogen-bond donors (Lipinski definition) is 2. The zero-order valence-electron chi connectivity index (χ0n) is 12.1. The second kappa shape index (κ2) is 6.86. The Balaban J connectivity index is 2.28. The number of carbonyl (C=O) groups is 1. The Labute approximate surface area is 128 Å². The summed E-state index contributed by atoms with van der Waals surface area (Å²) in [5.41, 5.74) is 0.510. The normalized spacial score (nSPS) is 18.3. The minimum atomic E-state index is -0.594. The summed E-state index contributed by atoms with van der Waals surface area (Å²) in [6, 6.07) is 0. The lowest BCUT2D eigenvalue weighted by Crippen LogP contribution is -2.30. The van der Waals surface area contributed by atoms with E-state index in [0.29, 0.717) is 18.7 Å². The number of rotatable bonds is 3. The molecule has 116 valence electrons. The number of ether oxygens (including phenoxy) is 2. The third-order valence-corrected chi connectivity index (χ3v) is 3.63. The van der Waals surface area contributed by atoms with E-state index in [0.717, 1.165) is 19.3 Å². The average molecular weight is 313 g/mol. The van der Waals surface area contributed by atoms with E-state index in [9.17, 15) is 9.90 Å². The van der Waals surface area contributed by atoms with Gasteiger partial charge in [-0.2, -0.15) is 5.10 Å². The van der Waals surface area contributed by atoms with Crippen molar-refractivity contribution in [1.29, 1.82) is 0 Å². The summed E-state index contributed by atoms with van der Waals surface area (Å²) in [5.74, 6) is -0.730. The Hall–Kier alpha value is -1.67. The minimum absolute atomic E-state index is 0.0686. The van der Waals surface area contributed by atoms with Gasteiger partial charge in [0, 0.05) is 6.61 Å². The largest absolute Gasteiger partial charge is 0.504 e. The van der Waals surface area contributed by atoms with Crippen molar-refractivity contribution in [2.45, 2.75) is 38.8 Å². The zero-order valence-corrected chi connectivity index (χ0v) is 12.9. The molecule has 0 radical (unpaired) electrons. The second-order valence-electron chi connectivity index (χ2n) is 4.71. The van der Waals surface area contributed by atoms with E-state index >= 15 is 0 Å². The smallest absolute Gasteiger partial charge is 0.283 e. The summed E-state index contributed by atoms with van der Waals surface area (Å²) in [6.45, 7) is 2.54. The summed E-state index contributed by atoms with van der Waals surface area (Å²) >= 11 is 4.77. The van der Waals surface area contributed by atoms with Crippen molar-refractivity contribution in [3.8, 4) is 5.75 Å². The quantitative estimate of drug-likeness (QED) is 0.823. The van der Waals surface area contributed by atoms with Crippen molar-refractivity contribution >= 4 is 23.3 Å². The third-order valence-electron chi connectivity index (χ3n) is 3.36. The molecule has 8 heteroatoms. The maximum Gasteiger partial charge on any atom is 0.283 e. The second-order valence-corrected chi connectivity index (χ2v) is 5.08. The highest BCUT2D eigenvalue weighted by atomic mass is 32.1. The molecule has 1 aromatic rings. The molecule has 0 aromatic carbocycles. The van der Waals surface area contributed by atoms with Crippen molar-refractivity contribution in [3.63, 3.8) is 0 Å². The van der Waals surface area contributed by atoms with Gasteiger partial charge in [-0.25, -0.2) is 4.68 Å². The van der Waals surface area contributed by atoms with E-state index in [1.54, 1.807) is 4.68 Å². The molecule has 0 spiro atoms. The van der Waals surface area contributed by atoms with E-state index in [4.69, 9.17) is 21.7 Å². The first-order chi connectivity index (χ1) is 10.1. The summed E-state index contributed by atoms with van der Waals surface area (Å²) < 4.78 is 12.0. The molecule has 7 nitrogen and oxygen atoms in total. The van der Waals surface area contributed by atoms with Crippen LogP contribution in [0.25, 0.3) is 0 Å². The standard InChI is InChI=1S/C13H19N3O4S/c1-3-8-11(17)10(12(18)14-13(21)19-2)15-16(8)9-6-4-5-7-20-9/h9,17H,3-7H2,1-2H3,(H,14,18,21). The summed E-state index contributed by atoms with van der Waals surface area (Å²) in [7, 11) is 1.36. The van der Waals surface area contributed by atoms with Crippen LogP contribution in [-0.2, 0) is 15.9 Å². The zero-order chi connectivity index (χ0) is 15.4. The molecule has 2 rings (SSSR count). The van der Waals surface area contributed by atoms with Crippen molar-refractivity contribution in [2.75, 3.05) is 13.7 Å². The first kappa shape index (κ1) is 15.7. The number of aromatic hydroxyl groups is 1. The van der Waals surface area contributed by atoms with Gasteiger partial charge in [-0.15, -0.1) is 0 Å². The van der Waals surface area contributed by atoms with Crippen LogP contribution < -0.4 is 5.32 Å². The molecule has 2 N–H and O–H groups in total. The molecular formula is C13H19N3O4S. The first-order valence-electron chi connectivity index (χ1n) is 6.89. The Morgan fingerprint density at radius 3 is 2.95 bits per heavy atom. The Bertz CT molecular complexity index is 538. The van der Waals surface area contributed by atoms with E-state index in [2.05, 4.69) is 10.4 Å². The first-order valence-corrected chi connectivity index (χ1v) is 7.30. The molecule has 0 aliphatic carbocycles. The number of methoxy groups -OCH3 is 1. The van der Waals surface area contributed by atoms with Gasteiger partial charge >= 0.3 is 0 Å². The van der Waals surface area contributed by atoms with Gasteiger partial charge in [0.25, 0.3) is 11.1 Å². The Morgan fingerprint density at radius 1 is 1.62 bits per heavy atom. The van der Waals surface area contributed by atoms with Crippen molar-refractivity contribution in [3.05, 3.63) is 11.4 Å². The van der Waals surface area contributed by atoms with E-state index in [-0.39, 0.29) is 22.8 Å². The fraction of sp³-hybridized carbons (Fsp3) is 0.615. The fourth-order valence-corrected chi connectivity index (χ4v) is 2.39. The summed E-state index contributed by atoms with van der Waals surface area (Å²) in [6.07, 6.45) is 3.16. The van der Waals surface area contributed by atoms with Crippen LogP contribution in [0, 0.1) is 0 Å². The van der Waals surface area contributed by atoms with E-state index < -0.39 is 5.91 Å². The molecule has 0 bridgehead atoms. The van der Waals surface area contributed by atoms with Crippen LogP contribution in [0.4, 0.5) is 0 Å². The van der Waals surface area contributed by atoms with Gasteiger partial charge in [0.15, 0.2) is 17.7 Å². The number of carbonyl (C=O) groups excluding carboxylic acids is 1. The monoisotopic (exact) mass is 313 g/mol. The van der Waals surface area contributed by atoms with Gasteiger partial charge in [0.1, 0.15) is 0 Å². The number of hydrogen-bond acceptors (Lipinski definition) is 6. The molecule has 2 heterocycles. The topological polar surface area (TPSA) is 85.6 Å². The molecule has 21 heavy (non-hydrogen) atoms. The predicted molar refractivity (Wildman–Crippen MR) is 79.2 cm³/mol. The van der Waals surface area contributed by atoms with Crippen LogP contribution in [0.2, 0.25) is 0 Å². The van der Waals surface area contributed by atoms with Crippen LogP contribution in [0.15, 0.2) is 0 Å². The van der Waals surface area contributed by atoms with Gasteiger partial charge in [-0.3, -0.25) is 10.1 Å². The van der Waals surface area contributed by atoms with Crippen molar-refractivity contribution < 1.29 is 19.4 Å². The van der Waals surface area contributed by atoms with Crippen LogP contribution in [0.1, 0.15) is 48.6 Å². The number of thiocarbonyl (C=S) groups is 1. The maximum atomic E-state index is 12.0. The molecule has 1 saturated heterocycles. The summed E-state index contributed by atoms with van der Waals surface area (Å²) in [5, 5.41) is 16.7. The lowest BCUT2D eigenvalue weighted by Gasteiger charge is -2.24. The third kappa shape index (κ3) is 3.33. The molecule has 1 unspecified atom stereocenters. The SMILES string of the molecule is CCc1c(O)c(C(=O)NC(=S)OC)nn1C1CCCCO1. The molecule has 0 saturated carbocycles. The van der Waals surface area contributed by atoms with Crippen LogP contribution in [0.3, 0.4) is 0 Å². The highest BCUT2D eigenvalue weighted by Gasteiger charge is 2.27. The molecule has 1 aliphatic rings. The number of nitrogens with one attached hydrogen (secondary N) is 1. The van der Waals surface area contributed by atoms with E-state index in [1.807, 2.05) is 6.92 Å². The van der Waals surface area contributed by atoms with Gasteiger partial charge in [-0.1, -0.05) is 6.92 Å². The van der Waals surface area contributed by atoms with Gasteiger partial charge in [0.05, 0.1) is 12.8 Å². The van der Waals surface area contributed by atoms with Crippen molar-refractivity contribution in [1.82, 2.24) is 15.1 Å². The predicted octanol–water partition coefficient (Wildman–Crippen LogP) is 1.51. The van der Waals surface area contributed by atoms with E-state index in [1.165, 1.54) is 7.11 Å². The van der Waals surface area contributed by atoms with Crippen LogP contribution in [0.5, 0.6) is 5.75 Å². The van der Waals surface area contributed by atoms with Crippen LogP contribution >= 0.6 is 12.2 Å². The number of nitrogens with zero attached hydrogens (tertiary/aromatic N) is 2. The van der Waals surface area contributed by atoms with Gasteiger partial charge in [-0.05, 0) is 37.9 Å². The summed E-state index contributed by atoms with van der Waals surface area (Å²) in [4.78, 5) is 12.0.